The Labute approximate surface area is 210 Å². The summed E-state index contributed by atoms with van der Waals surface area (Å²) in [5.41, 5.74) is -0.175. The minimum absolute atomic E-state index is 0.114. The number of aliphatic hydroxyl groups excluding tert-OH is 1. The normalized spacial score (nSPS) is 21.5. The predicted molar refractivity (Wildman–Crippen MR) is 134 cm³/mol. The number of methoxy groups -OCH3 is 1. The summed E-state index contributed by atoms with van der Waals surface area (Å²) in [4.78, 5) is 29.1. The Bertz CT molecular complexity index is 1070. The lowest BCUT2D eigenvalue weighted by molar-refractivity contribution is -0.170. The van der Waals surface area contributed by atoms with Gasteiger partial charge in [0.25, 0.3) is 0 Å². The molecule has 1 aromatic carbocycles. The van der Waals surface area contributed by atoms with Crippen LogP contribution < -0.4 is 0 Å². The lowest BCUT2D eigenvalue weighted by Gasteiger charge is -2.38. The first-order valence-electron chi connectivity index (χ1n) is 12.2. The molecule has 6 nitrogen and oxygen atoms in total. The van der Waals surface area contributed by atoms with E-state index >= 15 is 0 Å². The molecule has 2 aliphatic rings. The molecule has 0 spiro atoms. The first-order chi connectivity index (χ1) is 16.8. The second-order valence-electron chi connectivity index (χ2n) is 9.93. The number of Topliss-reactive ketones (excluding diaryl/α,β-unsaturated/α-hetero) is 1. The molecule has 7 heteroatoms. The van der Waals surface area contributed by atoms with Gasteiger partial charge in [-0.1, -0.05) is 44.2 Å². The third-order valence-corrected chi connectivity index (χ3v) is 7.77. The van der Waals surface area contributed by atoms with Gasteiger partial charge in [-0.2, -0.15) is 0 Å². The molecule has 0 saturated heterocycles. The molecule has 0 amide bonds. The second kappa shape index (κ2) is 11.1. The Kier molecular flexibility index (Phi) is 8.09. The topological polar surface area (TPSA) is 82.1 Å². The van der Waals surface area contributed by atoms with E-state index in [-0.39, 0.29) is 30.1 Å². The van der Waals surface area contributed by atoms with Gasteiger partial charge >= 0.3 is 5.97 Å². The number of carbonyl (C=O) groups is 2. The van der Waals surface area contributed by atoms with Crippen molar-refractivity contribution in [2.75, 3.05) is 13.9 Å². The van der Waals surface area contributed by atoms with Crippen molar-refractivity contribution in [1.29, 1.82) is 0 Å². The van der Waals surface area contributed by atoms with Gasteiger partial charge in [-0.15, -0.1) is 11.3 Å². The molecule has 1 N–H and O–H groups in total. The molecular formula is C28H34O6S. The molecule has 1 aliphatic heterocycles. The molecule has 2 aromatic rings. The van der Waals surface area contributed by atoms with E-state index < -0.39 is 23.1 Å². The van der Waals surface area contributed by atoms with E-state index in [4.69, 9.17) is 14.2 Å². The quantitative estimate of drug-likeness (QED) is 0.229. The van der Waals surface area contributed by atoms with Crippen LogP contribution in [0, 0.1) is 11.8 Å². The van der Waals surface area contributed by atoms with Crippen molar-refractivity contribution < 1.29 is 28.9 Å². The summed E-state index contributed by atoms with van der Waals surface area (Å²) < 4.78 is 16.4. The number of hydrogen-bond acceptors (Lipinski definition) is 7. The SMILES string of the molecule is COCOCc1ccc(C(C2=C(O)C(=O)C(CCc3ccccc3)(CC(C)C)OC2=O)C2CC2)s1. The lowest BCUT2D eigenvalue weighted by Crippen LogP contribution is -2.50. The number of ketones is 1. The monoisotopic (exact) mass is 498 g/mol. The van der Waals surface area contributed by atoms with E-state index in [2.05, 4.69) is 0 Å². The molecule has 4 rings (SSSR count). The zero-order valence-electron chi connectivity index (χ0n) is 20.6. The van der Waals surface area contributed by atoms with E-state index in [1.165, 1.54) is 11.3 Å². The molecule has 2 unspecified atom stereocenters. The van der Waals surface area contributed by atoms with Crippen LogP contribution in [0.15, 0.2) is 53.8 Å². The highest BCUT2D eigenvalue weighted by Gasteiger charge is 2.53. The number of rotatable bonds is 12. The highest BCUT2D eigenvalue weighted by atomic mass is 32.1. The fourth-order valence-corrected chi connectivity index (χ4v) is 6.10. The average molecular weight is 499 g/mol. The first-order valence-corrected chi connectivity index (χ1v) is 13.1. The number of aliphatic hydroxyl groups is 1. The molecule has 1 fully saturated rings. The molecule has 2 atom stereocenters. The van der Waals surface area contributed by atoms with Gasteiger partial charge in [0.05, 0.1) is 12.2 Å². The molecule has 1 saturated carbocycles. The highest BCUT2D eigenvalue weighted by molar-refractivity contribution is 7.12. The summed E-state index contributed by atoms with van der Waals surface area (Å²) in [5, 5.41) is 11.2. The molecular weight excluding hydrogens is 464 g/mol. The minimum atomic E-state index is -1.35. The number of benzene rings is 1. The largest absolute Gasteiger partial charge is 0.504 e. The van der Waals surface area contributed by atoms with Crippen molar-refractivity contribution in [3.05, 3.63) is 69.1 Å². The van der Waals surface area contributed by atoms with E-state index in [0.717, 1.165) is 28.2 Å². The van der Waals surface area contributed by atoms with Crippen molar-refractivity contribution in [3.63, 3.8) is 0 Å². The standard InChI is InChI=1S/C28H34O6S/c1-18(2)15-28(14-13-19-7-5-4-6-8-19)26(30)25(29)24(27(31)34-28)23(20-9-10-20)22-12-11-21(35-22)16-33-17-32-3/h4-8,11-12,18,20,23,29H,9-10,13-17H2,1-3H3. The number of thiophene rings is 1. The molecule has 0 radical (unpaired) electrons. The Morgan fingerprint density at radius 1 is 1.14 bits per heavy atom. The van der Waals surface area contributed by atoms with Gasteiger partial charge in [-0.25, -0.2) is 4.79 Å². The molecule has 0 bridgehead atoms. The van der Waals surface area contributed by atoms with Crippen LogP contribution in [0.1, 0.15) is 60.8 Å². The summed E-state index contributed by atoms with van der Waals surface area (Å²) in [6.07, 6.45) is 3.18. The van der Waals surface area contributed by atoms with Gasteiger partial charge in [-0.3, -0.25) is 4.79 Å². The van der Waals surface area contributed by atoms with Crippen LogP contribution in [0.25, 0.3) is 0 Å². The third kappa shape index (κ3) is 5.85. The van der Waals surface area contributed by atoms with Crippen molar-refractivity contribution in [3.8, 4) is 0 Å². The maximum Gasteiger partial charge on any atom is 0.339 e. The van der Waals surface area contributed by atoms with Crippen LogP contribution in [-0.2, 0) is 36.8 Å². The minimum Gasteiger partial charge on any atom is -0.504 e. The number of carbonyl (C=O) groups excluding carboxylic acids is 2. The maximum absolute atomic E-state index is 13.7. The average Bonchev–Trinajstić information content (AvgIpc) is 3.57. The van der Waals surface area contributed by atoms with Crippen LogP contribution in [0.5, 0.6) is 0 Å². The molecule has 188 valence electrons. The van der Waals surface area contributed by atoms with Gasteiger partial charge in [-0.05, 0) is 61.6 Å². The maximum atomic E-state index is 13.7. The van der Waals surface area contributed by atoms with Gasteiger partial charge in [0.2, 0.25) is 5.78 Å². The highest BCUT2D eigenvalue weighted by Crippen LogP contribution is 2.51. The van der Waals surface area contributed by atoms with Crippen LogP contribution in [0.4, 0.5) is 0 Å². The summed E-state index contributed by atoms with van der Waals surface area (Å²) in [6, 6.07) is 13.7. The summed E-state index contributed by atoms with van der Waals surface area (Å²) in [6.45, 7) is 4.59. The van der Waals surface area contributed by atoms with Gasteiger partial charge in [0.1, 0.15) is 6.79 Å². The summed E-state index contributed by atoms with van der Waals surface area (Å²) in [5.74, 6) is -1.49. The molecule has 35 heavy (non-hydrogen) atoms. The number of hydrogen-bond donors (Lipinski definition) is 1. The van der Waals surface area contributed by atoms with E-state index in [9.17, 15) is 14.7 Å². The number of esters is 1. The number of ether oxygens (including phenoxy) is 3. The van der Waals surface area contributed by atoms with Crippen molar-refractivity contribution in [1.82, 2.24) is 0 Å². The smallest absolute Gasteiger partial charge is 0.339 e. The Balaban J connectivity index is 1.63. The molecule has 2 heterocycles. The zero-order chi connectivity index (χ0) is 25.0. The summed E-state index contributed by atoms with van der Waals surface area (Å²) in [7, 11) is 1.57. The van der Waals surface area contributed by atoms with Gasteiger partial charge < -0.3 is 19.3 Å². The predicted octanol–water partition coefficient (Wildman–Crippen LogP) is 5.72. The van der Waals surface area contributed by atoms with Crippen molar-refractivity contribution in [2.24, 2.45) is 11.8 Å². The van der Waals surface area contributed by atoms with E-state index in [1.54, 1.807) is 7.11 Å². The van der Waals surface area contributed by atoms with Gasteiger partial charge in [0.15, 0.2) is 11.4 Å². The van der Waals surface area contributed by atoms with E-state index in [1.807, 2.05) is 56.3 Å². The first kappa shape index (κ1) is 25.6. The van der Waals surface area contributed by atoms with Gasteiger partial charge in [0, 0.05) is 22.8 Å². The number of cyclic esters (lactones) is 1. The van der Waals surface area contributed by atoms with Crippen molar-refractivity contribution >= 4 is 23.1 Å². The summed E-state index contributed by atoms with van der Waals surface area (Å²) >= 11 is 1.53. The number of aryl methyl sites for hydroxylation is 1. The van der Waals surface area contributed by atoms with Crippen LogP contribution >= 0.6 is 11.3 Å². The zero-order valence-corrected chi connectivity index (χ0v) is 21.4. The Hall–Kier alpha value is -2.48. The Morgan fingerprint density at radius 3 is 2.54 bits per heavy atom. The van der Waals surface area contributed by atoms with Crippen LogP contribution in [0.3, 0.4) is 0 Å². The van der Waals surface area contributed by atoms with Crippen LogP contribution in [-0.4, -0.2) is 36.4 Å². The Morgan fingerprint density at radius 2 is 1.89 bits per heavy atom. The molecule has 1 aromatic heterocycles. The third-order valence-electron chi connectivity index (χ3n) is 6.63. The van der Waals surface area contributed by atoms with Crippen molar-refractivity contribution in [2.45, 2.75) is 64.1 Å². The fraction of sp³-hybridized carbons (Fsp3) is 0.500. The molecule has 1 aliphatic carbocycles. The van der Waals surface area contributed by atoms with Crippen LogP contribution in [0.2, 0.25) is 0 Å². The van der Waals surface area contributed by atoms with E-state index in [0.29, 0.717) is 25.9 Å². The fourth-order valence-electron chi connectivity index (χ4n) is 4.94. The second-order valence-corrected chi connectivity index (χ2v) is 11.1. The lowest BCUT2D eigenvalue weighted by atomic mass is 9.78.